The molecule has 0 spiro atoms. The van der Waals surface area contributed by atoms with E-state index in [1.165, 1.54) is 6.07 Å². The number of amides is 1. The van der Waals surface area contributed by atoms with Gasteiger partial charge in [-0.15, -0.1) is 0 Å². The van der Waals surface area contributed by atoms with Crippen LogP contribution in [0.3, 0.4) is 0 Å². The Hall–Kier alpha value is -2.83. The summed E-state index contributed by atoms with van der Waals surface area (Å²) in [5.74, 6) is -4.16. The van der Waals surface area contributed by atoms with E-state index in [0.29, 0.717) is 11.6 Å². The number of carbonyl (C=O) groups excluding carboxylic acids is 2. The van der Waals surface area contributed by atoms with Crippen LogP contribution in [0.25, 0.3) is 0 Å². The minimum absolute atomic E-state index is 0.169. The van der Waals surface area contributed by atoms with Crippen molar-refractivity contribution in [2.75, 3.05) is 13.2 Å². The monoisotopic (exact) mass is 337 g/mol. The van der Waals surface area contributed by atoms with Crippen molar-refractivity contribution in [2.45, 2.75) is 6.42 Å². The van der Waals surface area contributed by atoms with Crippen molar-refractivity contribution >= 4 is 11.9 Å². The summed E-state index contributed by atoms with van der Waals surface area (Å²) in [6, 6.07) is 8.70. The van der Waals surface area contributed by atoms with Crippen LogP contribution in [0.15, 0.2) is 42.5 Å². The van der Waals surface area contributed by atoms with Gasteiger partial charge in [0, 0.05) is 6.54 Å². The summed E-state index contributed by atoms with van der Waals surface area (Å²) in [5, 5.41) is 2.47. The topological polar surface area (TPSA) is 55.4 Å². The first-order valence-corrected chi connectivity index (χ1v) is 7.09. The lowest BCUT2D eigenvalue weighted by Gasteiger charge is -2.07. The van der Waals surface area contributed by atoms with Gasteiger partial charge in [-0.25, -0.2) is 18.0 Å². The average Bonchev–Trinajstić information content (AvgIpc) is 2.57. The highest BCUT2D eigenvalue weighted by Crippen LogP contribution is 2.10. The summed E-state index contributed by atoms with van der Waals surface area (Å²) < 4.78 is 43.8. The summed E-state index contributed by atoms with van der Waals surface area (Å²) in [6.07, 6.45) is 0.287. The van der Waals surface area contributed by atoms with Crippen LogP contribution in [0.4, 0.5) is 13.2 Å². The molecule has 0 aliphatic heterocycles. The van der Waals surface area contributed by atoms with Crippen molar-refractivity contribution in [3.8, 4) is 0 Å². The predicted molar refractivity (Wildman–Crippen MR) is 79.8 cm³/mol. The maximum absolute atomic E-state index is 13.4. The van der Waals surface area contributed by atoms with Gasteiger partial charge in [0.05, 0.1) is 5.56 Å². The summed E-state index contributed by atoms with van der Waals surface area (Å²) in [4.78, 5) is 23.2. The fraction of sp³-hybridized carbons (Fsp3) is 0.176. The minimum Gasteiger partial charge on any atom is -0.452 e. The molecule has 24 heavy (non-hydrogen) atoms. The number of nitrogens with one attached hydrogen (secondary N) is 1. The van der Waals surface area contributed by atoms with Crippen LogP contribution >= 0.6 is 0 Å². The zero-order chi connectivity index (χ0) is 17.5. The molecular formula is C17H14F3NO3. The van der Waals surface area contributed by atoms with Gasteiger partial charge in [-0.2, -0.15) is 0 Å². The predicted octanol–water partition coefficient (Wildman–Crippen LogP) is 2.62. The number of hydrogen-bond acceptors (Lipinski definition) is 3. The Balaban J connectivity index is 1.75. The maximum Gasteiger partial charge on any atom is 0.338 e. The molecule has 0 atom stereocenters. The number of hydrogen-bond donors (Lipinski definition) is 1. The van der Waals surface area contributed by atoms with Crippen molar-refractivity contribution in [3.63, 3.8) is 0 Å². The van der Waals surface area contributed by atoms with E-state index in [2.05, 4.69) is 5.32 Å². The first kappa shape index (κ1) is 17.5. The second-order valence-corrected chi connectivity index (χ2v) is 4.90. The Morgan fingerprint density at radius 1 is 0.958 bits per heavy atom. The highest BCUT2D eigenvalue weighted by atomic mass is 19.2. The van der Waals surface area contributed by atoms with E-state index in [-0.39, 0.29) is 24.3 Å². The number of rotatable bonds is 6. The largest absolute Gasteiger partial charge is 0.452 e. The smallest absolute Gasteiger partial charge is 0.338 e. The second kappa shape index (κ2) is 8.14. The van der Waals surface area contributed by atoms with Gasteiger partial charge < -0.3 is 10.1 Å². The van der Waals surface area contributed by atoms with Crippen LogP contribution in [0.2, 0.25) is 0 Å². The van der Waals surface area contributed by atoms with E-state index < -0.39 is 30.1 Å². The Bertz CT molecular complexity index is 750. The third-order valence-electron chi connectivity index (χ3n) is 3.16. The van der Waals surface area contributed by atoms with Gasteiger partial charge in [0.1, 0.15) is 5.82 Å². The minimum atomic E-state index is -1.18. The van der Waals surface area contributed by atoms with E-state index in [1.54, 1.807) is 18.2 Å². The van der Waals surface area contributed by atoms with Gasteiger partial charge >= 0.3 is 5.97 Å². The Morgan fingerprint density at radius 2 is 1.71 bits per heavy atom. The first-order valence-electron chi connectivity index (χ1n) is 7.09. The maximum atomic E-state index is 13.4. The summed E-state index contributed by atoms with van der Waals surface area (Å²) in [6.45, 7) is -0.405. The molecule has 126 valence electrons. The SMILES string of the molecule is O=C(COC(=O)c1ccc(F)c(F)c1)NCCc1ccccc1F. The molecule has 2 rings (SSSR count). The van der Waals surface area contributed by atoms with Crippen LogP contribution in [0, 0.1) is 17.5 Å². The fourth-order valence-electron chi connectivity index (χ4n) is 1.93. The molecule has 4 nitrogen and oxygen atoms in total. The highest BCUT2D eigenvalue weighted by molar-refractivity contribution is 5.91. The van der Waals surface area contributed by atoms with E-state index in [0.717, 1.165) is 12.1 Å². The van der Waals surface area contributed by atoms with Crippen LogP contribution < -0.4 is 5.32 Å². The van der Waals surface area contributed by atoms with Crippen LogP contribution in [-0.4, -0.2) is 25.0 Å². The third-order valence-corrected chi connectivity index (χ3v) is 3.16. The van der Waals surface area contributed by atoms with E-state index in [4.69, 9.17) is 4.74 Å². The third kappa shape index (κ3) is 4.84. The highest BCUT2D eigenvalue weighted by Gasteiger charge is 2.13. The molecule has 2 aromatic carbocycles. The lowest BCUT2D eigenvalue weighted by atomic mass is 10.1. The van der Waals surface area contributed by atoms with Crippen molar-refractivity contribution in [1.82, 2.24) is 5.32 Å². The van der Waals surface area contributed by atoms with Crippen molar-refractivity contribution in [2.24, 2.45) is 0 Å². The average molecular weight is 337 g/mol. The van der Waals surface area contributed by atoms with Gasteiger partial charge in [-0.3, -0.25) is 4.79 Å². The van der Waals surface area contributed by atoms with Gasteiger partial charge in [0.15, 0.2) is 18.2 Å². The molecule has 0 radical (unpaired) electrons. The molecule has 0 unspecified atom stereocenters. The van der Waals surface area contributed by atoms with Crippen molar-refractivity contribution in [1.29, 1.82) is 0 Å². The van der Waals surface area contributed by atoms with Crippen molar-refractivity contribution in [3.05, 3.63) is 71.0 Å². The molecule has 0 aliphatic carbocycles. The molecule has 0 heterocycles. The van der Waals surface area contributed by atoms with Crippen LogP contribution in [0.1, 0.15) is 15.9 Å². The molecule has 0 saturated heterocycles. The Morgan fingerprint density at radius 3 is 2.42 bits per heavy atom. The Kier molecular flexibility index (Phi) is 5.95. The summed E-state index contributed by atoms with van der Waals surface area (Å²) in [5.41, 5.74) is 0.254. The van der Waals surface area contributed by atoms with Crippen LogP contribution in [-0.2, 0) is 16.0 Å². The van der Waals surface area contributed by atoms with E-state index in [9.17, 15) is 22.8 Å². The molecule has 0 saturated carbocycles. The van der Waals surface area contributed by atoms with Crippen molar-refractivity contribution < 1.29 is 27.5 Å². The first-order chi connectivity index (χ1) is 11.5. The van der Waals surface area contributed by atoms with Gasteiger partial charge in [0.2, 0.25) is 0 Å². The standard InChI is InChI=1S/C17H14F3NO3/c18-13-4-2-1-3-11(13)7-8-21-16(22)10-24-17(23)12-5-6-14(19)15(20)9-12/h1-6,9H,7-8,10H2,(H,21,22). The molecule has 0 bridgehead atoms. The van der Waals surface area contributed by atoms with Gasteiger partial charge in [0.25, 0.3) is 5.91 Å². The normalized spacial score (nSPS) is 10.3. The number of esters is 1. The molecule has 2 aromatic rings. The molecule has 0 fully saturated rings. The number of ether oxygens (including phenoxy) is 1. The Labute approximate surface area is 136 Å². The molecule has 0 aliphatic rings. The van der Waals surface area contributed by atoms with E-state index in [1.807, 2.05) is 0 Å². The zero-order valence-electron chi connectivity index (χ0n) is 12.5. The van der Waals surface area contributed by atoms with Gasteiger partial charge in [-0.05, 0) is 36.2 Å². The lowest BCUT2D eigenvalue weighted by Crippen LogP contribution is -2.30. The fourth-order valence-corrected chi connectivity index (χ4v) is 1.93. The molecule has 1 amide bonds. The zero-order valence-corrected chi connectivity index (χ0v) is 12.5. The second-order valence-electron chi connectivity index (χ2n) is 4.90. The summed E-state index contributed by atoms with van der Waals surface area (Å²) >= 11 is 0. The number of benzene rings is 2. The number of halogens is 3. The number of carbonyl (C=O) groups is 2. The molecule has 0 aromatic heterocycles. The molecule has 1 N–H and O–H groups in total. The molecule has 7 heteroatoms. The summed E-state index contributed by atoms with van der Waals surface area (Å²) in [7, 11) is 0. The van der Waals surface area contributed by atoms with Crippen LogP contribution in [0.5, 0.6) is 0 Å². The molecular weight excluding hydrogens is 323 g/mol. The van der Waals surface area contributed by atoms with Gasteiger partial charge in [-0.1, -0.05) is 18.2 Å². The van der Waals surface area contributed by atoms with E-state index >= 15 is 0 Å². The lowest BCUT2D eigenvalue weighted by molar-refractivity contribution is -0.124. The quantitative estimate of drug-likeness (QED) is 0.825.